The molecule has 1 aliphatic carbocycles. The molecule has 1 aromatic heterocycles. The highest BCUT2D eigenvalue weighted by molar-refractivity contribution is 5.17. The van der Waals surface area contributed by atoms with Crippen LogP contribution >= 0.6 is 0 Å². The Morgan fingerprint density at radius 1 is 0.611 bits per heavy atom. The highest BCUT2D eigenvalue weighted by Crippen LogP contribution is 2.36. The van der Waals surface area contributed by atoms with Gasteiger partial charge in [-0.1, -0.05) is 146 Å². The second-order valence-corrected chi connectivity index (χ2v) is 14.7. The minimum Gasteiger partial charge on any atom is -0.383 e. The molecule has 4 aromatic carbocycles. The summed E-state index contributed by atoms with van der Waals surface area (Å²) in [6, 6.07) is 41.1. The summed E-state index contributed by atoms with van der Waals surface area (Å²) in [6.45, 7) is 4.41. The zero-order valence-corrected chi connectivity index (χ0v) is 31.2. The van der Waals surface area contributed by atoms with E-state index in [9.17, 15) is 5.11 Å². The van der Waals surface area contributed by atoms with Crippen molar-refractivity contribution in [1.29, 1.82) is 0 Å². The predicted octanol–water partition coefficient (Wildman–Crippen LogP) is 7.48. The molecule has 54 heavy (non-hydrogen) atoms. The summed E-state index contributed by atoms with van der Waals surface area (Å²) < 4.78 is 29.1. The third-order valence-corrected chi connectivity index (χ3v) is 10.8. The van der Waals surface area contributed by atoms with E-state index in [-0.39, 0.29) is 24.4 Å². The van der Waals surface area contributed by atoms with E-state index in [1.807, 2.05) is 83.7 Å². The van der Waals surface area contributed by atoms with Gasteiger partial charge >= 0.3 is 0 Å². The van der Waals surface area contributed by atoms with E-state index in [1.165, 1.54) is 0 Å². The molecule has 1 saturated carbocycles. The maximum absolute atomic E-state index is 11.3. The van der Waals surface area contributed by atoms with Gasteiger partial charge in [-0.05, 0) is 41.5 Å². The van der Waals surface area contributed by atoms with Gasteiger partial charge in [-0.25, -0.2) is 0 Å². The van der Waals surface area contributed by atoms with E-state index in [4.69, 9.17) is 18.9 Å². The zero-order chi connectivity index (χ0) is 36.8. The molecule has 7 rings (SSSR count). The third kappa shape index (κ3) is 10.5. The topological polar surface area (TPSA) is 91.1 Å². The second kappa shape index (κ2) is 19.4. The van der Waals surface area contributed by atoms with Gasteiger partial charge in [0.05, 0.1) is 51.4 Å². The molecule has 2 aliphatic rings. The third-order valence-electron chi connectivity index (χ3n) is 10.8. The maximum Gasteiger partial charge on any atom is 0.114 e. The van der Waals surface area contributed by atoms with E-state index in [0.717, 1.165) is 67.3 Å². The molecular weight excluding hydrogens is 677 g/mol. The van der Waals surface area contributed by atoms with Crippen LogP contribution in [0.3, 0.4) is 0 Å². The van der Waals surface area contributed by atoms with Crippen LogP contribution < -0.4 is 0 Å². The van der Waals surface area contributed by atoms with Gasteiger partial charge in [0, 0.05) is 19.6 Å². The van der Waals surface area contributed by atoms with Crippen molar-refractivity contribution in [2.45, 2.75) is 101 Å². The van der Waals surface area contributed by atoms with E-state index in [1.54, 1.807) is 0 Å². The fourth-order valence-corrected chi connectivity index (χ4v) is 7.75. The van der Waals surface area contributed by atoms with Crippen LogP contribution in [0.4, 0.5) is 0 Å². The van der Waals surface area contributed by atoms with Gasteiger partial charge in [-0.15, -0.1) is 5.10 Å². The van der Waals surface area contributed by atoms with E-state index in [0.29, 0.717) is 51.8 Å². The van der Waals surface area contributed by atoms with Crippen LogP contribution in [-0.2, 0) is 57.5 Å². The van der Waals surface area contributed by atoms with Crippen LogP contribution in [0.15, 0.2) is 128 Å². The standard InChI is InChI=1S/C45H54N4O5/c50-45(25-14-5-15-26-45)42-30-49(47-46-42)28-16-27-48-29-41(52-32-37-19-8-2-9-20-37)44(54-34-39-23-12-4-13-24-39)43(53-33-38-21-10-3-11-22-38)40(48)35-51-31-36-17-6-1-7-18-36/h1-4,6-13,17-24,30,40-41,43-44,50H,5,14-16,25-29,31-35H2/t40-,41+,43-,44-/m1/s1. The summed E-state index contributed by atoms with van der Waals surface area (Å²) in [6.07, 6.45) is 6.47. The van der Waals surface area contributed by atoms with Gasteiger partial charge in [0.25, 0.3) is 0 Å². The lowest BCUT2D eigenvalue weighted by atomic mass is 9.83. The molecule has 1 aliphatic heterocycles. The van der Waals surface area contributed by atoms with Crippen LogP contribution in [0.2, 0.25) is 0 Å². The van der Waals surface area contributed by atoms with Gasteiger partial charge < -0.3 is 24.1 Å². The number of likely N-dealkylation sites (tertiary alicyclic amines) is 1. The van der Waals surface area contributed by atoms with Crippen molar-refractivity contribution in [3.63, 3.8) is 0 Å². The van der Waals surface area contributed by atoms with Crippen LogP contribution in [0.1, 0.15) is 66.5 Å². The van der Waals surface area contributed by atoms with Gasteiger partial charge in [-0.2, -0.15) is 0 Å². The first-order valence-corrected chi connectivity index (χ1v) is 19.6. The summed E-state index contributed by atoms with van der Waals surface area (Å²) in [5, 5.41) is 20.1. The number of aryl methyl sites for hydroxylation is 1. The molecule has 4 atom stereocenters. The molecule has 1 N–H and O–H groups in total. The highest BCUT2D eigenvalue weighted by atomic mass is 16.6. The molecule has 2 heterocycles. The lowest BCUT2D eigenvalue weighted by molar-refractivity contribution is -0.210. The Hall–Kier alpha value is -4.22. The van der Waals surface area contributed by atoms with E-state index < -0.39 is 5.60 Å². The summed E-state index contributed by atoms with van der Waals surface area (Å²) in [4.78, 5) is 2.46. The van der Waals surface area contributed by atoms with Gasteiger partial charge in [0.1, 0.15) is 23.5 Å². The Labute approximate surface area is 319 Å². The average Bonchev–Trinajstić information content (AvgIpc) is 3.71. The van der Waals surface area contributed by atoms with Gasteiger partial charge in [-0.3, -0.25) is 9.58 Å². The first-order chi connectivity index (χ1) is 26.6. The fraction of sp³-hybridized carbons (Fsp3) is 0.422. The SMILES string of the molecule is OC1(c2cn(CCCN3C[C@H](OCc4ccccc4)[C@@H](OCc4ccccc4)[C@H](OCc4ccccc4)[C@H]3COCc3ccccc3)nn2)CCCCC1. The van der Waals surface area contributed by atoms with Crippen molar-refractivity contribution >= 4 is 0 Å². The largest absolute Gasteiger partial charge is 0.383 e. The van der Waals surface area contributed by atoms with E-state index >= 15 is 0 Å². The number of rotatable bonds is 18. The molecule has 0 spiro atoms. The normalized spacial score (nSPS) is 21.6. The minimum atomic E-state index is -0.869. The van der Waals surface area contributed by atoms with Crippen molar-refractivity contribution in [3.8, 4) is 0 Å². The molecule has 9 nitrogen and oxygen atoms in total. The van der Waals surface area contributed by atoms with Gasteiger partial charge in [0.2, 0.25) is 0 Å². The molecule has 1 saturated heterocycles. The zero-order valence-electron chi connectivity index (χ0n) is 31.2. The van der Waals surface area contributed by atoms with Crippen molar-refractivity contribution in [3.05, 3.63) is 155 Å². The number of piperidine rings is 1. The Balaban J connectivity index is 1.14. The number of ether oxygens (including phenoxy) is 4. The molecule has 0 radical (unpaired) electrons. The molecular formula is C45H54N4O5. The molecule has 0 amide bonds. The number of hydrogen-bond acceptors (Lipinski definition) is 8. The molecule has 0 bridgehead atoms. The number of benzene rings is 4. The Morgan fingerprint density at radius 3 is 1.70 bits per heavy atom. The highest BCUT2D eigenvalue weighted by Gasteiger charge is 2.46. The molecule has 2 fully saturated rings. The summed E-state index contributed by atoms with van der Waals surface area (Å²) >= 11 is 0. The average molecular weight is 731 g/mol. The number of aromatic nitrogens is 3. The van der Waals surface area contributed by atoms with Crippen LogP contribution in [0, 0.1) is 0 Å². The first kappa shape index (κ1) is 38.1. The minimum absolute atomic E-state index is 0.107. The van der Waals surface area contributed by atoms with Crippen LogP contribution in [0.5, 0.6) is 0 Å². The Kier molecular flexibility index (Phi) is 13.7. The molecule has 9 heteroatoms. The van der Waals surface area contributed by atoms with Crippen LogP contribution in [0.25, 0.3) is 0 Å². The van der Waals surface area contributed by atoms with Crippen molar-refractivity contribution in [2.24, 2.45) is 0 Å². The monoisotopic (exact) mass is 730 g/mol. The summed E-state index contributed by atoms with van der Waals surface area (Å²) in [5.41, 5.74) is 4.27. The number of hydrogen-bond donors (Lipinski definition) is 1. The smallest absolute Gasteiger partial charge is 0.114 e. The molecule has 284 valence electrons. The maximum atomic E-state index is 11.3. The van der Waals surface area contributed by atoms with Crippen LogP contribution in [-0.4, -0.2) is 69.1 Å². The quantitative estimate of drug-likeness (QED) is 0.0994. The van der Waals surface area contributed by atoms with Crippen molar-refractivity contribution in [2.75, 3.05) is 19.7 Å². The number of aliphatic hydroxyl groups is 1. The first-order valence-electron chi connectivity index (χ1n) is 19.6. The number of nitrogens with zero attached hydrogens (tertiary/aromatic N) is 4. The lowest BCUT2D eigenvalue weighted by Crippen LogP contribution is -2.64. The molecule has 5 aromatic rings. The van der Waals surface area contributed by atoms with Crippen molar-refractivity contribution in [1.82, 2.24) is 19.9 Å². The Bertz CT molecular complexity index is 1790. The second-order valence-electron chi connectivity index (χ2n) is 14.7. The lowest BCUT2D eigenvalue weighted by Gasteiger charge is -2.48. The molecule has 0 unspecified atom stereocenters. The fourth-order valence-electron chi connectivity index (χ4n) is 7.75. The van der Waals surface area contributed by atoms with Crippen molar-refractivity contribution < 1.29 is 24.1 Å². The summed E-state index contributed by atoms with van der Waals surface area (Å²) in [7, 11) is 0. The van der Waals surface area contributed by atoms with E-state index in [2.05, 4.69) is 63.7 Å². The van der Waals surface area contributed by atoms with Gasteiger partial charge in [0.15, 0.2) is 0 Å². The summed E-state index contributed by atoms with van der Waals surface area (Å²) in [5.74, 6) is 0. The predicted molar refractivity (Wildman–Crippen MR) is 208 cm³/mol. The Morgan fingerprint density at radius 2 is 1.13 bits per heavy atom.